The average molecular weight is 405 g/mol. The van der Waals surface area contributed by atoms with Crippen molar-refractivity contribution < 1.29 is 0 Å². The Morgan fingerprint density at radius 3 is 2.68 bits per heavy atom. The van der Waals surface area contributed by atoms with Gasteiger partial charge in [0.05, 0.1) is 46.8 Å². The highest BCUT2D eigenvalue weighted by Crippen LogP contribution is 2.33. The molecule has 0 fully saturated rings. The second-order valence-corrected chi connectivity index (χ2v) is 7.75. The van der Waals surface area contributed by atoms with Crippen LogP contribution >= 0.6 is 0 Å². The van der Waals surface area contributed by atoms with Gasteiger partial charge in [-0.25, -0.2) is 4.98 Å². The second-order valence-electron chi connectivity index (χ2n) is 7.75. The van der Waals surface area contributed by atoms with Crippen molar-refractivity contribution >= 4 is 21.8 Å². The van der Waals surface area contributed by atoms with Crippen LogP contribution in [0.15, 0.2) is 67.6 Å². The Labute approximate surface area is 177 Å². The molecule has 0 bridgehead atoms. The van der Waals surface area contributed by atoms with Gasteiger partial charge in [-0.3, -0.25) is 15.1 Å². The number of nitrogens with one attached hydrogen (secondary N) is 2. The summed E-state index contributed by atoms with van der Waals surface area (Å²) in [5.41, 5.74) is 9.13. The fraction of sp³-hybridized carbons (Fsp3) is 0.0833. The largest absolute Gasteiger partial charge is 0.352 e. The van der Waals surface area contributed by atoms with Crippen LogP contribution in [0.2, 0.25) is 0 Å². The molecule has 0 amide bonds. The lowest BCUT2D eigenvalue weighted by Gasteiger charge is -2.05. The molecule has 5 aromatic heterocycles. The lowest BCUT2D eigenvalue weighted by Crippen LogP contribution is -1.91. The highest BCUT2D eigenvalue weighted by Gasteiger charge is 2.15. The third-order valence-corrected chi connectivity index (χ3v) is 5.68. The van der Waals surface area contributed by atoms with Crippen molar-refractivity contribution in [3.63, 3.8) is 0 Å². The SMILES string of the molecule is Cc1cn(-c2cncc3[nH]c(-c4n[nH]c5ccc(-c6cnccc6C)cc45)cc23)cn1. The van der Waals surface area contributed by atoms with E-state index in [0.29, 0.717) is 0 Å². The predicted molar refractivity (Wildman–Crippen MR) is 121 cm³/mol. The summed E-state index contributed by atoms with van der Waals surface area (Å²) in [6, 6.07) is 10.5. The van der Waals surface area contributed by atoms with Gasteiger partial charge in [0.2, 0.25) is 0 Å². The van der Waals surface area contributed by atoms with Crippen molar-refractivity contribution in [3.8, 4) is 28.2 Å². The molecule has 0 saturated heterocycles. The van der Waals surface area contributed by atoms with Crippen LogP contribution in [0, 0.1) is 13.8 Å². The first-order chi connectivity index (χ1) is 15.2. The molecule has 6 aromatic rings. The highest BCUT2D eigenvalue weighted by molar-refractivity contribution is 5.99. The Hall–Kier alpha value is -4.26. The number of fused-ring (bicyclic) bond motifs is 2. The summed E-state index contributed by atoms with van der Waals surface area (Å²) in [6.07, 6.45) is 11.2. The summed E-state index contributed by atoms with van der Waals surface area (Å²) >= 11 is 0. The number of benzene rings is 1. The van der Waals surface area contributed by atoms with E-state index in [0.717, 1.165) is 55.7 Å². The van der Waals surface area contributed by atoms with Crippen LogP contribution in [-0.4, -0.2) is 34.7 Å². The number of aromatic nitrogens is 7. The summed E-state index contributed by atoms with van der Waals surface area (Å²) in [6.45, 7) is 4.07. The molecule has 0 spiro atoms. The Morgan fingerprint density at radius 1 is 0.903 bits per heavy atom. The van der Waals surface area contributed by atoms with Gasteiger partial charge in [-0.05, 0) is 49.2 Å². The van der Waals surface area contributed by atoms with E-state index in [1.54, 1.807) is 0 Å². The molecular formula is C24H19N7. The van der Waals surface area contributed by atoms with E-state index in [1.807, 2.05) is 54.9 Å². The van der Waals surface area contributed by atoms with E-state index in [4.69, 9.17) is 0 Å². The molecule has 0 radical (unpaired) electrons. The molecule has 1 aromatic carbocycles. The second kappa shape index (κ2) is 6.63. The monoisotopic (exact) mass is 405 g/mol. The number of rotatable bonds is 3. The minimum absolute atomic E-state index is 0.877. The lowest BCUT2D eigenvalue weighted by molar-refractivity contribution is 1.05. The van der Waals surface area contributed by atoms with Gasteiger partial charge in [0.15, 0.2) is 0 Å². The van der Waals surface area contributed by atoms with Crippen molar-refractivity contribution in [2.45, 2.75) is 13.8 Å². The van der Waals surface area contributed by atoms with E-state index < -0.39 is 0 Å². The number of aromatic amines is 2. The van der Waals surface area contributed by atoms with Crippen LogP contribution in [0.1, 0.15) is 11.3 Å². The molecule has 7 heteroatoms. The molecule has 7 nitrogen and oxygen atoms in total. The van der Waals surface area contributed by atoms with E-state index in [-0.39, 0.29) is 0 Å². The van der Waals surface area contributed by atoms with Crippen LogP contribution < -0.4 is 0 Å². The third kappa shape index (κ3) is 2.82. The first kappa shape index (κ1) is 17.6. The molecule has 0 aliphatic rings. The lowest BCUT2D eigenvalue weighted by atomic mass is 10.0. The molecule has 2 N–H and O–H groups in total. The van der Waals surface area contributed by atoms with Crippen molar-refractivity contribution in [1.29, 1.82) is 0 Å². The van der Waals surface area contributed by atoms with Gasteiger partial charge in [0, 0.05) is 34.9 Å². The van der Waals surface area contributed by atoms with Gasteiger partial charge in [-0.2, -0.15) is 5.10 Å². The van der Waals surface area contributed by atoms with Crippen LogP contribution in [0.25, 0.3) is 50.0 Å². The minimum Gasteiger partial charge on any atom is -0.352 e. The molecule has 0 aliphatic carbocycles. The van der Waals surface area contributed by atoms with Crippen LogP contribution in [0.5, 0.6) is 0 Å². The summed E-state index contributed by atoms with van der Waals surface area (Å²) < 4.78 is 1.99. The Morgan fingerprint density at radius 2 is 1.84 bits per heavy atom. The maximum Gasteiger partial charge on any atom is 0.116 e. The van der Waals surface area contributed by atoms with Crippen LogP contribution in [0.3, 0.4) is 0 Å². The number of nitrogens with zero attached hydrogens (tertiary/aromatic N) is 5. The van der Waals surface area contributed by atoms with E-state index in [2.05, 4.69) is 61.3 Å². The fourth-order valence-electron chi connectivity index (χ4n) is 4.08. The Balaban J connectivity index is 1.52. The average Bonchev–Trinajstić information content (AvgIpc) is 3.50. The highest BCUT2D eigenvalue weighted by atomic mass is 15.1. The number of hydrogen-bond donors (Lipinski definition) is 2. The minimum atomic E-state index is 0.877. The van der Waals surface area contributed by atoms with E-state index >= 15 is 0 Å². The van der Waals surface area contributed by atoms with Crippen LogP contribution in [-0.2, 0) is 0 Å². The fourth-order valence-corrected chi connectivity index (χ4v) is 4.08. The summed E-state index contributed by atoms with van der Waals surface area (Å²) in [5.74, 6) is 0. The zero-order valence-corrected chi connectivity index (χ0v) is 17.1. The van der Waals surface area contributed by atoms with E-state index in [1.165, 1.54) is 5.56 Å². The summed E-state index contributed by atoms with van der Waals surface area (Å²) in [5, 5.41) is 9.89. The molecule has 6 rings (SSSR count). The van der Waals surface area contributed by atoms with Gasteiger partial charge < -0.3 is 9.55 Å². The molecule has 0 saturated carbocycles. The smallest absolute Gasteiger partial charge is 0.116 e. The number of hydrogen-bond acceptors (Lipinski definition) is 4. The van der Waals surface area contributed by atoms with Crippen molar-refractivity contribution in [3.05, 3.63) is 78.9 Å². The standard InChI is InChI=1S/C24H19N7/c1-14-5-6-25-9-19(14)16-3-4-20-18(7-16)24(30-29-20)21-8-17-22(28-21)10-26-11-23(17)31-12-15(2)27-13-31/h3-13,28H,1-2H3,(H,29,30). The molecular weight excluding hydrogens is 386 g/mol. The maximum atomic E-state index is 4.61. The zero-order chi connectivity index (χ0) is 20.9. The Kier molecular flexibility index (Phi) is 3.76. The summed E-state index contributed by atoms with van der Waals surface area (Å²) in [4.78, 5) is 16.5. The number of aryl methyl sites for hydroxylation is 2. The Bertz CT molecular complexity index is 1570. The zero-order valence-electron chi connectivity index (χ0n) is 17.1. The van der Waals surface area contributed by atoms with Gasteiger partial charge in [0.25, 0.3) is 0 Å². The van der Waals surface area contributed by atoms with Gasteiger partial charge in [-0.15, -0.1) is 0 Å². The molecule has 5 heterocycles. The number of pyridine rings is 2. The topological polar surface area (TPSA) is 88.1 Å². The first-order valence-electron chi connectivity index (χ1n) is 10.0. The normalized spacial score (nSPS) is 11.5. The van der Waals surface area contributed by atoms with E-state index in [9.17, 15) is 0 Å². The number of imidazole rings is 1. The molecule has 31 heavy (non-hydrogen) atoms. The molecule has 150 valence electrons. The van der Waals surface area contributed by atoms with Gasteiger partial charge in [-0.1, -0.05) is 6.07 Å². The number of H-pyrrole nitrogens is 2. The van der Waals surface area contributed by atoms with Gasteiger partial charge in [0.1, 0.15) is 5.69 Å². The van der Waals surface area contributed by atoms with Crippen LogP contribution in [0.4, 0.5) is 0 Å². The van der Waals surface area contributed by atoms with Crippen molar-refractivity contribution in [1.82, 2.24) is 34.7 Å². The first-order valence-corrected chi connectivity index (χ1v) is 10.0. The molecule has 0 atom stereocenters. The quantitative estimate of drug-likeness (QED) is 0.435. The maximum absolute atomic E-state index is 4.61. The van der Waals surface area contributed by atoms with Crippen molar-refractivity contribution in [2.75, 3.05) is 0 Å². The van der Waals surface area contributed by atoms with Crippen molar-refractivity contribution in [2.24, 2.45) is 0 Å². The molecule has 0 aliphatic heterocycles. The molecule has 0 unspecified atom stereocenters. The predicted octanol–water partition coefficient (Wildman–Crippen LogP) is 4.97. The third-order valence-electron chi connectivity index (χ3n) is 5.68. The van der Waals surface area contributed by atoms with Gasteiger partial charge >= 0.3 is 0 Å². The summed E-state index contributed by atoms with van der Waals surface area (Å²) in [7, 11) is 0.